The number of benzene rings is 1. The van der Waals surface area contributed by atoms with E-state index in [1.54, 1.807) is 7.11 Å². The summed E-state index contributed by atoms with van der Waals surface area (Å²) in [7, 11) is 1.67. The number of methoxy groups -OCH3 is 1. The van der Waals surface area contributed by atoms with E-state index < -0.39 is 6.10 Å². The minimum absolute atomic E-state index is 0.0200. The SMILES string of the molecule is COCCNC(C)C(O)c1ccc(C)cc1C. The van der Waals surface area contributed by atoms with Gasteiger partial charge in [-0.3, -0.25) is 0 Å². The molecule has 2 N–H and O–H groups in total. The van der Waals surface area contributed by atoms with Gasteiger partial charge in [0.25, 0.3) is 0 Å². The summed E-state index contributed by atoms with van der Waals surface area (Å²) >= 11 is 0. The largest absolute Gasteiger partial charge is 0.387 e. The molecule has 0 aliphatic carbocycles. The summed E-state index contributed by atoms with van der Waals surface area (Å²) < 4.78 is 4.97. The van der Waals surface area contributed by atoms with Crippen molar-refractivity contribution in [1.82, 2.24) is 5.32 Å². The highest BCUT2D eigenvalue weighted by Crippen LogP contribution is 2.21. The van der Waals surface area contributed by atoms with Crippen LogP contribution < -0.4 is 5.32 Å². The fourth-order valence-corrected chi connectivity index (χ4v) is 1.93. The molecule has 0 aliphatic heterocycles. The molecule has 0 amide bonds. The third-order valence-corrected chi connectivity index (χ3v) is 2.99. The van der Waals surface area contributed by atoms with Crippen molar-refractivity contribution < 1.29 is 9.84 Å². The molecule has 0 spiro atoms. The van der Waals surface area contributed by atoms with Crippen molar-refractivity contribution >= 4 is 0 Å². The number of nitrogens with one attached hydrogen (secondary N) is 1. The molecule has 3 heteroatoms. The summed E-state index contributed by atoms with van der Waals surface area (Å²) in [5.74, 6) is 0. The number of ether oxygens (including phenoxy) is 1. The molecule has 2 unspecified atom stereocenters. The van der Waals surface area contributed by atoms with Crippen LogP contribution in [0, 0.1) is 13.8 Å². The first-order valence-corrected chi connectivity index (χ1v) is 6.03. The zero-order valence-electron chi connectivity index (χ0n) is 11.2. The molecule has 0 aromatic heterocycles. The average molecular weight is 237 g/mol. The van der Waals surface area contributed by atoms with E-state index in [9.17, 15) is 5.11 Å². The molecule has 0 saturated carbocycles. The molecule has 17 heavy (non-hydrogen) atoms. The highest BCUT2D eigenvalue weighted by molar-refractivity contribution is 5.32. The van der Waals surface area contributed by atoms with Crippen LogP contribution in [0.3, 0.4) is 0 Å². The number of aliphatic hydroxyl groups is 1. The Morgan fingerprint density at radius 2 is 2.06 bits per heavy atom. The molecule has 0 aliphatic rings. The van der Waals surface area contributed by atoms with Crippen LogP contribution in [0.1, 0.15) is 29.7 Å². The Labute approximate surface area is 104 Å². The second kappa shape index (κ2) is 6.74. The molecule has 1 rings (SSSR count). The van der Waals surface area contributed by atoms with E-state index in [1.807, 2.05) is 26.0 Å². The van der Waals surface area contributed by atoms with Gasteiger partial charge in [0.15, 0.2) is 0 Å². The maximum atomic E-state index is 10.3. The van der Waals surface area contributed by atoms with Crippen LogP contribution in [0.2, 0.25) is 0 Å². The third-order valence-electron chi connectivity index (χ3n) is 2.99. The van der Waals surface area contributed by atoms with Gasteiger partial charge >= 0.3 is 0 Å². The van der Waals surface area contributed by atoms with Gasteiger partial charge in [-0.25, -0.2) is 0 Å². The van der Waals surface area contributed by atoms with Crippen molar-refractivity contribution in [2.75, 3.05) is 20.3 Å². The molecular formula is C14H23NO2. The van der Waals surface area contributed by atoms with E-state index in [0.29, 0.717) is 6.61 Å². The van der Waals surface area contributed by atoms with Crippen molar-refractivity contribution in [2.24, 2.45) is 0 Å². The van der Waals surface area contributed by atoms with E-state index in [4.69, 9.17) is 4.74 Å². The minimum Gasteiger partial charge on any atom is -0.387 e. The smallest absolute Gasteiger partial charge is 0.0942 e. The lowest BCUT2D eigenvalue weighted by molar-refractivity contribution is 0.126. The predicted molar refractivity (Wildman–Crippen MR) is 70.2 cm³/mol. The minimum atomic E-state index is -0.479. The second-order valence-corrected chi connectivity index (χ2v) is 4.54. The first-order valence-electron chi connectivity index (χ1n) is 6.03. The van der Waals surface area contributed by atoms with Crippen LogP contribution in [0.25, 0.3) is 0 Å². The van der Waals surface area contributed by atoms with Gasteiger partial charge in [0.05, 0.1) is 12.7 Å². The summed E-state index contributed by atoms with van der Waals surface area (Å²) in [6.07, 6.45) is -0.479. The number of hydrogen-bond donors (Lipinski definition) is 2. The normalized spacial score (nSPS) is 14.6. The van der Waals surface area contributed by atoms with Gasteiger partial charge in [-0.2, -0.15) is 0 Å². The molecule has 1 aromatic carbocycles. The number of aryl methyl sites for hydroxylation is 2. The monoisotopic (exact) mass is 237 g/mol. The first kappa shape index (κ1) is 14.2. The van der Waals surface area contributed by atoms with Gasteiger partial charge in [0, 0.05) is 19.7 Å². The Bertz CT molecular complexity index is 352. The van der Waals surface area contributed by atoms with Crippen molar-refractivity contribution in [3.05, 3.63) is 34.9 Å². The molecular weight excluding hydrogens is 214 g/mol. The van der Waals surface area contributed by atoms with Crippen LogP contribution in [0.5, 0.6) is 0 Å². The van der Waals surface area contributed by atoms with Crippen LogP contribution in [0.15, 0.2) is 18.2 Å². The summed E-state index contributed by atoms with van der Waals surface area (Å²) in [4.78, 5) is 0. The zero-order chi connectivity index (χ0) is 12.8. The summed E-state index contributed by atoms with van der Waals surface area (Å²) in [6, 6.07) is 6.16. The second-order valence-electron chi connectivity index (χ2n) is 4.54. The number of rotatable bonds is 6. The van der Waals surface area contributed by atoms with Gasteiger partial charge in [-0.05, 0) is 31.9 Å². The highest BCUT2D eigenvalue weighted by Gasteiger charge is 2.17. The fourth-order valence-electron chi connectivity index (χ4n) is 1.93. The molecule has 3 nitrogen and oxygen atoms in total. The Morgan fingerprint density at radius 1 is 1.35 bits per heavy atom. The predicted octanol–water partition coefficient (Wildman–Crippen LogP) is 1.96. The van der Waals surface area contributed by atoms with Gasteiger partial charge in [0.2, 0.25) is 0 Å². The number of hydrogen-bond acceptors (Lipinski definition) is 3. The fraction of sp³-hybridized carbons (Fsp3) is 0.571. The Kier molecular flexibility index (Phi) is 5.62. The van der Waals surface area contributed by atoms with E-state index in [1.165, 1.54) is 5.56 Å². The standard InChI is InChI=1S/C14H23NO2/c1-10-5-6-13(11(2)9-10)14(16)12(3)15-7-8-17-4/h5-6,9,12,14-16H,7-8H2,1-4H3. The summed E-state index contributed by atoms with van der Waals surface area (Å²) in [6.45, 7) is 7.49. The molecule has 0 bridgehead atoms. The van der Waals surface area contributed by atoms with E-state index in [-0.39, 0.29) is 6.04 Å². The average Bonchev–Trinajstić information content (AvgIpc) is 2.28. The lowest BCUT2D eigenvalue weighted by Gasteiger charge is -2.22. The van der Waals surface area contributed by atoms with Crippen molar-refractivity contribution in [1.29, 1.82) is 0 Å². The van der Waals surface area contributed by atoms with Crippen LogP contribution >= 0.6 is 0 Å². The molecule has 1 aromatic rings. The summed E-state index contributed by atoms with van der Waals surface area (Å²) in [5.41, 5.74) is 3.35. The first-order chi connectivity index (χ1) is 8.06. The van der Waals surface area contributed by atoms with E-state index in [0.717, 1.165) is 17.7 Å². The van der Waals surface area contributed by atoms with Crippen molar-refractivity contribution in [3.8, 4) is 0 Å². The maximum Gasteiger partial charge on any atom is 0.0942 e. The third kappa shape index (κ3) is 4.11. The Morgan fingerprint density at radius 3 is 2.65 bits per heavy atom. The lowest BCUT2D eigenvalue weighted by Crippen LogP contribution is -2.34. The van der Waals surface area contributed by atoms with Crippen LogP contribution in [-0.2, 0) is 4.74 Å². The lowest BCUT2D eigenvalue weighted by atomic mass is 9.97. The van der Waals surface area contributed by atoms with Gasteiger partial charge in [-0.15, -0.1) is 0 Å². The van der Waals surface area contributed by atoms with Gasteiger partial charge < -0.3 is 15.2 Å². The highest BCUT2D eigenvalue weighted by atomic mass is 16.5. The van der Waals surface area contributed by atoms with Gasteiger partial charge in [0.1, 0.15) is 0 Å². The molecule has 2 atom stereocenters. The Hall–Kier alpha value is -0.900. The number of aliphatic hydroxyl groups excluding tert-OH is 1. The summed E-state index contributed by atoms with van der Waals surface area (Å²) in [5, 5.41) is 13.5. The van der Waals surface area contributed by atoms with Crippen molar-refractivity contribution in [2.45, 2.75) is 32.9 Å². The van der Waals surface area contributed by atoms with Crippen LogP contribution in [-0.4, -0.2) is 31.4 Å². The molecule has 96 valence electrons. The van der Waals surface area contributed by atoms with Crippen molar-refractivity contribution in [3.63, 3.8) is 0 Å². The van der Waals surface area contributed by atoms with Gasteiger partial charge in [-0.1, -0.05) is 23.8 Å². The quantitative estimate of drug-likeness (QED) is 0.743. The van der Waals surface area contributed by atoms with Crippen LogP contribution in [0.4, 0.5) is 0 Å². The Balaban J connectivity index is 2.64. The van der Waals surface area contributed by atoms with E-state index in [2.05, 4.69) is 18.3 Å². The van der Waals surface area contributed by atoms with E-state index >= 15 is 0 Å². The molecule has 0 saturated heterocycles. The zero-order valence-corrected chi connectivity index (χ0v) is 11.2. The molecule has 0 fully saturated rings. The molecule has 0 heterocycles. The topological polar surface area (TPSA) is 41.5 Å². The maximum absolute atomic E-state index is 10.3. The molecule has 0 radical (unpaired) electrons.